The van der Waals surface area contributed by atoms with Crippen molar-refractivity contribution in [1.29, 1.82) is 0 Å². The number of rotatable bonds is 7. The highest BCUT2D eigenvalue weighted by molar-refractivity contribution is 7.80. The van der Waals surface area contributed by atoms with Gasteiger partial charge in [0.2, 0.25) is 0 Å². The van der Waals surface area contributed by atoms with Gasteiger partial charge in [-0.2, -0.15) is 0 Å². The number of aromatic carboxylic acids is 1. The Balaban J connectivity index is 1.68. The molecule has 0 radical (unpaired) electrons. The van der Waals surface area contributed by atoms with Crippen molar-refractivity contribution in [3.63, 3.8) is 0 Å². The zero-order valence-electron chi connectivity index (χ0n) is 17.2. The molecule has 1 saturated heterocycles. The standard InChI is InChI=1S/C23H21N3O5S/c1-2-30-19(27)13-26-21(20(25-23(26)32)16-5-3-4-12-24-16)18-11-10-17(31-18)14-6-8-15(9-7-14)22(28)29/h3-12,20-21H,2,13H2,1H3,(H,25,32)(H,28,29)/t20-,21+/m1/s1. The molecule has 0 bridgehead atoms. The van der Waals surface area contributed by atoms with Crippen molar-refractivity contribution in [1.82, 2.24) is 15.2 Å². The predicted molar refractivity (Wildman–Crippen MR) is 120 cm³/mol. The molecule has 0 unspecified atom stereocenters. The van der Waals surface area contributed by atoms with Crippen LogP contribution in [0.4, 0.5) is 0 Å². The molecule has 2 aromatic heterocycles. The Morgan fingerprint density at radius 3 is 2.62 bits per heavy atom. The van der Waals surface area contributed by atoms with Gasteiger partial charge in [0.25, 0.3) is 0 Å². The molecule has 1 aliphatic heterocycles. The fourth-order valence-electron chi connectivity index (χ4n) is 3.67. The summed E-state index contributed by atoms with van der Waals surface area (Å²) in [4.78, 5) is 29.5. The van der Waals surface area contributed by atoms with Gasteiger partial charge in [0.1, 0.15) is 24.1 Å². The molecule has 2 N–H and O–H groups in total. The average molecular weight is 452 g/mol. The molecule has 3 heterocycles. The minimum Gasteiger partial charge on any atom is -0.478 e. The van der Waals surface area contributed by atoms with E-state index in [9.17, 15) is 9.59 Å². The maximum atomic E-state index is 12.2. The fraction of sp³-hybridized carbons (Fsp3) is 0.217. The van der Waals surface area contributed by atoms with E-state index in [0.717, 1.165) is 11.3 Å². The van der Waals surface area contributed by atoms with Crippen LogP contribution in [0.2, 0.25) is 0 Å². The number of thiocarbonyl (C=S) groups is 1. The number of furan rings is 1. The molecule has 164 valence electrons. The van der Waals surface area contributed by atoms with Crippen LogP contribution in [0, 0.1) is 0 Å². The molecule has 2 atom stereocenters. The van der Waals surface area contributed by atoms with Gasteiger partial charge in [0.15, 0.2) is 5.11 Å². The summed E-state index contributed by atoms with van der Waals surface area (Å²) in [6.07, 6.45) is 1.70. The molecule has 3 aromatic rings. The molecule has 0 amide bonds. The lowest BCUT2D eigenvalue weighted by Crippen LogP contribution is -2.35. The fourth-order valence-corrected chi connectivity index (χ4v) is 3.98. The van der Waals surface area contributed by atoms with E-state index in [1.807, 2.05) is 30.3 Å². The lowest BCUT2D eigenvalue weighted by atomic mass is 10.0. The number of carboxylic acid groups (broad SMARTS) is 1. The Bertz CT molecular complexity index is 1130. The van der Waals surface area contributed by atoms with E-state index >= 15 is 0 Å². The number of nitrogens with zero attached hydrogens (tertiary/aromatic N) is 2. The number of carboxylic acids is 1. The molecule has 8 nitrogen and oxygen atoms in total. The molecule has 9 heteroatoms. The number of carbonyl (C=O) groups excluding carboxylic acids is 1. The second-order valence-corrected chi connectivity index (χ2v) is 7.53. The van der Waals surface area contributed by atoms with Gasteiger partial charge in [-0.1, -0.05) is 18.2 Å². The summed E-state index contributed by atoms with van der Waals surface area (Å²) in [5.41, 5.74) is 1.69. The van der Waals surface area contributed by atoms with E-state index in [-0.39, 0.29) is 30.7 Å². The van der Waals surface area contributed by atoms with Gasteiger partial charge in [-0.3, -0.25) is 9.78 Å². The molecular formula is C23H21N3O5S. The molecular weight excluding hydrogens is 430 g/mol. The second-order valence-electron chi connectivity index (χ2n) is 7.14. The quantitative estimate of drug-likeness (QED) is 0.412. The summed E-state index contributed by atoms with van der Waals surface area (Å²) >= 11 is 5.52. The van der Waals surface area contributed by atoms with Crippen LogP contribution in [-0.4, -0.2) is 45.2 Å². The van der Waals surface area contributed by atoms with Gasteiger partial charge in [-0.05, 0) is 55.5 Å². The zero-order chi connectivity index (χ0) is 22.7. The molecule has 1 fully saturated rings. The maximum Gasteiger partial charge on any atom is 0.335 e. The van der Waals surface area contributed by atoms with Gasteiger partial charge in [0.05, 0.1) is 23.9 Å². The van der Waals surface area contributed by atoms with Crippen LogP contribution in [0.15, 0.2) is 65.2 Å². The third kappa shape index (κ3) is 4.33. The van der Waals surface area contributed by atoms with E-state index < -0.39 is 12.0 Å². The van der Waals surface area contributed by atoms with Crippen LogP contribution in [0.25, 0.3) is 11.3 Å². The minimum absolute atomic E-state index is 0.0307. The number of hydrogen-bond acceptors (Lipinski definition) is 6. The van der Waals surface area contributed by atoms with Gasteiger partial charge < -0.3 is 24.5 Å². The molecule has 1 aliphatic rings. The highest BCUT2D eigenvalue weighted by atomic mass is 32.1. The lowest BCUT2D eigenvalue weighted by Gasteiger charge is -2.25. The van der Waals surface area contributed by atoms with Crippen molar-refractivity contribution >= 4 is 29.3 Å². The van der Waals surface area contributed by atoms with Crippen LogP contribution in [0.1, 0.15) is 40.8 Å². The van der Waals surface area contributed by atoms with Crippen LogP contribution >= 0.6 is 12.2 Å². The first-order valence-corrected chi connectivity index (χ1v) is 10.5. The molecule has 0 saturated carbocycles. The van der Waals surface area contributed by atoms with Crippen LogP contribution < -0.4 is 5.32 Å². The minimum atomic E-state index is -0.991. The average Bonchev–Trinajstić information content (AvgIpc) is 3.40. The maximum absolute atomic E-state index is 12.2. The molecule has 1 aromatic carbocycles. The first-order chi connectivity index (χ1) is 15.5. The van der Waals surface area contributed by atoms with Crippen molar-refractivity contribution in [2.75, 3.05) is 13.2 Å². The third-order valence-electron chi connectivity index (χ3n) is 5.14. The topological polar surface area (TPSA) is 105 Å². The van der Waals surface area contributed by atoms with E-state index in [4.69, 9.17) is 26.5 Å². The van der Waals surface area contributed by atoms with E-state index in [1.54, 1.807) is 30.2 Å². The van der Waals surface area contributed by atoms with Gasteiger partial charge in [-0.15, -0.1) is 0 Å². The van der Waals surface area contributed by atoms with Crippen molar-refractivity contribution < 1.29 is 23.8 Å². The number of esters is 1. The monoisotopic (exact) mass is 451 g/mol. The van der Waals surface area contributed by atoms with Gasteiger partial charge >= 0.3 is 11.9 Å². The summed E-state index contributed by atoms with van der Waals surface area (Å²) in [5, 5.41) is 12.8. The summed E-state index contributed by atoms with van der Waals surface area (Å²) < 4.78 is 11.3. The zero-order valence-corrected chi connectivity index (χ0v) is 18.0. The Kier molecular flexibility index (Phi) is 6.18. The number of nitrogens with one attached hydrogen (secondary N) is 1. The van der Waals surface area contributed by atoms with Crippen LogP contribution in [0.5, 0.6) is 0 Å². The normalized spacial score (nSPS) is 17.8. The highest BCUT2D eigenvalue weighted by Gasteiger charge is 2.42. The van der Waals surface area contributed by atoms with Crippen molar-refractivity contribution in [3.05, 3.63) is 77.8 Å². The van der Waals surface area contributed by atoms with Gasteiger partial charge in [0, 0.05) is 11.8 Å². The number of hydrogen-bond donors (Lipinski definition) is 2. The third-order valence-corrected chi connectivity index (χ3v) is 5.49. The summed E-state index contributed by atoms with van der Waals surface area (Å²) in [5.74, 6) is -0.213. The molecule has 0 spiro atoms. The highest BCUT2D eigenvalue weighted by Crippen LogP contribution is 2.40. The van der Waals surface area contributed by atoms with E-state index in [1.165, 1.54) is 12.1 Å². The predicted octanol–water partition coefficient (Wildman–Crippen LogP) is 3.58. The van der Waals surface area contributed by atoms with Crippen molar-refractivity contribution in [3.8, 4) is 11.3 Å². The first kappa shape index (κ1) is 21.5. The number of benzene rings is 1. The smallest absolute Gasteiger partial charge is 0.335 e. The SMILES string of the molecule is CCOC(=O)CN1C(=S)N[C@H](c2ccccn2)[C@@H]1c1ccc(-c2ccc(C(=O)O)cc2)o1. The Morgan fingerprint density at radius 2 is 1.97 bits per heavy atom. The van der Waals surface area contributed by atoms with Crippen LogP contribution in [0.3, 0.4) is 0 Å². The number of pyridine rings is 1. The summed E-state index contributed by atoms with van der Waals surface area (Å²) in [6, 6.07) is 14.9. The molecule has 32 heavy (non-hydrogen) atoms. The summed E-state index contributed by atoms with van der Waals surface area (Å²) in [6.45, 7) is 2.00. The summed E-state index contributed by atoms with van der Waals surface area (Å²) in [7, 11) is 0. The Labute approximate surface area is 189 Å². The van der Waals surface area contributed by atoms with Crippen molar-refractivity contribution in [2.24, 2.45) is 0 Å². The lowest BCUT2D eigenvalue weighted by molar-refractivity contribution is -0.143. The number of ether oxygens (including phenoxy) is 1. The Hall–Kier alpha value is -3.72. The second kappa shape index (κ2) is 9.19. The van der Waals surface area contributed by atoms with E-state index in [0.29, 0.717) is 16.6 Å². The Morgan fingerprint density at radius 1 is 1.19 bits per heavy atom. The number of carbonyl (C=O) groups is 2. The molecule has 0 aliphatic carbocycles. The molecule has 4 rings (SSSR count). The van der Waals surface area contributed by atoms with Gasteiger partial charge in [-0.25, -0.2) is 4.79 Å². The first-order valence-electron chi connectivity index (χ1n) is 10.0. The van der Waals surface area contributed by atoms with E-state index in [2.05, 4.69) is 10.3 Å². The largest absolute Gasteiger partial charge is 0.478 e. The number of aromatic nitrogens is 1. The van der Waals surface area contributed by atoms with Crippen LogP contribution in [-0.2, 0) is 9.53 Å². The van der Waals surface area contributed by atoms with Crippen molar-refractivity contribution in [2.45, 2.75) is 19.0 Å².